The summed E-state index contributed by atoms with van der Waals surface area (Å²) in [6.07, 6.45) is 1.35. The summed E-state index contributed by atoms with van der Waals surface area (Å²) in [5, 5.41) is 2.15. The number of carbonyl (C=O) groups is 4. The lowest BCUT2D eigenvalue weighted by Crippen LogP contribution is -2.54. The summed E-state index contributed by atoms with van der Waals surface area (Å²) in [6.45, 7) is 0. The van der Waals surface area contributed by atoms with Crippen LogP contribution < -0.4 is 15.0 Å². The van der Waals surface area contributed by atoms with Gasteiger partial charge in [0.05, 0.1) is 25.5 Å². The van der Waals surface area contributed by atoms with Gasteiger partial charge in [-0.25, -0.2) is 14.5 Å². The molecular weight excluding hydrogens is 364 g/mol. The number of benzene rings is 2. The van der Waals surface area contributed by atoms with Crippen molar-refractivity contribution in [3.8, 4) is 5.75 Å². The number of nitrogens with one attached hydrogen (secondary N) is 1. The number of ether oxygens (including phenoxy) is 2. The van der Waals surface area contributed by atoms with Gasteiger partial charge in [0.15, 0.2) is 0 Å². The molecular formula is C20H16N2O6. The molecule has 1 N–H and O–H groups in total. The average Bonchev–Trinajstić information content (AvgIpc) is 2.71. The van der Waals surface area contributed by atoms with Crippen molar-refractivity contribution in [2.45, 2.75) is 0 Å². The van der Waals surface area contributed by atoms with Crippen LogP contribution >= 0.6 is 0 Å². The predicted molar refractivity (Wildman–Crippen MR) is 99.8 cm³/mol. The van der Waals surface area contributed by atoms with Crippen LogP contribution in [0.4, 0.5) is 10.5 Å². The molecule has 142 valence electrons. The van der Waals surface area contributed by atoms with Crippen molar-refractivity contribution in [1.29, 1.82) is 0 Å². The fourth-order valence-corrected chi connectivity index (χ4v) is 2.62. The van der Waals surface area contributed by atoms with Gasteiger partial charge in [0.2, 0.25) is 0 Å². The summed E-state index contributed by atoms with van der Waals surface area (Å²) in [4.78, 5) is 49.5. The predicted octanol–water partition coefficient (Wildman–Crippen LogP) is 2.15. The lowest BCUT2D eigenvalue weighted by atomic mass is 10.1. The van der Waals surface area contributed by atoms with Crippen LogP contribution in [0, 0.1) is 0 Å². The quantitative estimate of drug-likeness (QED) is 0.495. The van der Waals surface area contributed by atoms with Crippen molar-refractivity contribution < 1.29 is 28.7 Å². The molecule has 1 saturated heterocycles. The molecule has 0 aliphatic carbocycles. The van der Waals surface area contributed by atoms with E-state index in [-0.39, 0.29) is 5.57 Å². The fourth-order valence-electron chi connectivity index (χ4n) is 2.62. The number of urea groups is 1. The lowest BCUT2D eigenvalue weighted by Gasteiger charge is -2.26. The molecule has 0 atom stereocenters. The molecule has 1 aliphatic heterocycles. The molecule has 0 unspecified atom stereocenters. The van der Waals surface area contributed by atoms with Gasteiger partial charge in [-0.05, 0) is 48.0 Å². The Balaban J connectivity index is 1.92. The molecule has 1 aliphatic rings. The van der Waals surface area contributed by atoms with E-state index in [0.717, 1.165) is 4.90 Å². The first-order valence-corrected chi connectivity index (χ1v) is 8.18. The zero-order valence-electron chi connectivity index (χ0n) is 15.1. The Kier molecular flexibility index (Phi) is 5.21. The largest absolute Gasteiger partial charge is 0.497 e. The minimum Gasteiger partial charge on any atom is -0.497 e. The molecule has 28 heavy (non-hydrogen) atoms. The Labute approximate surface area is 160 Å². The molecule has 8 heteroatoms. The van der Waals surface area contributed by atoms with Crippen molar-refractivity contribution in [2.24, 2.45) is 0 Å². The SMILES string of the molecule is COC(=O)c1ccc(/C=C2\C(=O)NC(=O)N(c3ccc(OC)cc3)C2=O)cc1. The number of imide groups is 2. The van der Waals surface area contributed by atoms with Crippen LogP contribution in [0.2, 0.25) is 0 Å². The number of nitrogens with zero attached hydrogens (tertiary/aromatic N) is 1. The van der Waals surface area contributed by atoms with Gasteiger partial charge in [-0.2, -0.15) is 0 Å². The van der Waals surface area contributed by atoms with Gasteiger partial charge in [-0.1, -0.05) is 12.1 Å². The van der Waals surface area contributed by atoms with Gasteiger partial charge in [0.25, 0.3) is 11.8 Å². The zero-order chi connectivity index (χ0) is 20.3. The second kappa shape index (κ2) is 7.75. The third kappa shape index (κ3) is 3.61. The fraction of sp³-hybridized carbons (Fsp3) is 0.100. The molecule has 2 aromatic carbocycles. The summed E-state index contributed by atoms with van der Waals surface area (Å²) in [5.41, 5.74) is 0.929. The Morgan fingerprint density at radius 1 is 0.964 bits per heavy atom. The topological polar surface area (TPSA) is 102 Å². The first kappa shape index (κ1) is 18.8. The van der Waals surface area contributed by atoms with Gasteiger partial charge in [0.1, 0.15) is 11.3 Å². The van der Waals surface area contributed by atoms with E-state index in [1.807, 2.05) is 0 Å². The maximum Gasteiger partial charge on any atom is 0.337 e. The maximum absolute atomic E-state index is 12.8. The summed E-state index contributed by atoms with van der Waals surface area (Å²) >= 11 is 0. The monoisotopic (exact) mass is 380 g/mol. The van der Waals surface area contributed by atoms with Gasteiger partial charge in [0, 0.05) is 0 Å². The summed E-state index contributed by atoms with van der Waals surface area (Å²) in [7, 11) is 2.77. The first-order chi connectivity index (χ1) is 13.4. The molecule has 0 saturated carbocycles. The second-order valence-corrected chi connectivity index (χ2v) is 5.77. The van der Waals surface area contributed by atoms with Gasteiger partial charge >= 0.3 is 12.0 Å². The highest BCUT2D eigenvalue weighted by atomic mass is 16.5. The number of hydrogen-bond acceptors (Lipinski definition) is 6. The normalized spacial score (nSPS) is 15.4. The number of hydrogen-bond donors (Lipinski definition) is 1. The Morgan fingerprint density at radius 3 is 2.18 bits per heavy atom. The molecule has 8 nitrogen and oxygen atoms in total. The smallest absolute Gasteiger partial charge is 0.337 e. The Morgan fingerprint density at radius 2 is 1.61 bits per heavy atom. The number of esters is 1. The molecule has 4 amide bonds. The number of amides is 4. The third-order valence-corrected chi connectivity index (χ3v) is 4.08. The lowest BCUT2D eigenvalue weighted by molar-refractivity contribution is -0.122. The molecule has 0 aromatic heterocycles. The Bertz CT molecular complexity index is 977. The van der Waals surface area contributed by atoms with Gasteiger partial charge in [-0.3, -0.25) is 14.9 Å². The minimum atomic E-state index is -0.835. The van der Waals surface area contributed by atoms with Crippen LogP contribution in [-0.2, 0) is 14.3 Å². The Hall–Kier alpha value is -3.94. The summed E-state index contributed by atoms with van der Waals surface area (Å²) in [5.74, 6) is -1.49. The number of methoxy groups -OCH3 is 2. The molecule has 0 spiro atoms. The van der Waals surface area contributed by atoms with Crippen molar-refractivity contribution in [3.05, 3.63) is 65.2 Å². The number of rotatable bonds is 4. The van der Waals surface area contributed by atoms with E-state index in [0.29, 0.717) is 22.6 Å². The van der Waals surface area contributed by atoms with Crippen LogP contribution in [0.25, 0.3) is 6.08 Å². The highest BCUT2D eigenvalue weighted by molar-refractivity contribution is 6.39. The highest BCUT2D eigenvalue weighted by Gasteiger charge is 2.36. The van der Waals surface area contributed by atoms with E-state index < -0.39 is 23.8 Å². The molecule has 3 rings (SSSR count). The van der Waals surface area contributed by atoms with Crippen molar-refractivity contribution in [2.75, 3.05) is 19.1 Å². The van der Waals surface area contributed by atoms with E-state index in [1.54, 1.807) is 24.3 Å². The molecule has 2 aromatic rings. The molecule has 1 fully saturated rings. The third-order valence-electron chi connectivity index (χ3n) is 4.08. The first-order valence-electron chi connectivity index (χ1n) is 8.18. The van der Waals surface area contributed by atoms with Crippen LogP contribution in [0.5, 0.6) is 5.75 Å². The number of carbonyl (C=O) groups excluding carboxylic acids is 4. The van der Waals surface area contributed by atoms with Crippen LogP contribution in [0.1, 0.15) is 15.9 Å². The van der Waals surface area contributed by atoms with Crippen molar-refractivity contribution in [1.82, 2.24) is 5.32 Å². The van der Waals surface area contributed by atoms with Crippen LogP contribution in [-0.4, -0.2) is 38.0 Å². The van der Waals surface area contributed by atoms with E-state index >= 15 is 0 Å². The van der Waals surface area contributed by atoms with E-state index in [9.17, 15) is 19.2 Å². The summed E-state index contributed by atoms with van der Waals surface area (Å²) in [6, 6.07) is 11.6. The summed E-state index contributed by atoms with van der Waals surface area (Å²) < 4.78 is 9.69. The second-order valence-electron chi connectivity index (χ2n) is 5.77. The highest BCUT2D eigenvalue weighted by Crippen LogP contribution is 2.24. The number of barbiturate groups is 1. The zero-order valence-corrected chi connectivity index (χ0v) is 15.1. The van der Waals surface area contributed by atoms with E-state index in [1.165, 1.54) is 44.6 Å². The molecule has 1 heterocycles. The average molecular weight is 380 g/mol. The molecule has 0 bridgehead atoms. The van der Waals surface area contributed by atoms with E-state index in [4.69, 9.17) is 4.74 Å². The van der Waals surface area contributed by atoms with Crippen molar-refractivity contribution in [3.63, 3.8) is 0 Å². The molecule has 0 radical (unpaired) electrons. The minimum absolute atomic E-state index is 0.207. The standard InChI is InChI=1S/C20H16N2O6/c1-27-15-9-7-14(8-10-15)22-18(24)16(17(23)21-20(22)26)11-12-3-5-13(6-4-12)19(25)28-2/h3-11H,1-2H3,(H,21,23,26)/b16-11+. The van der Waals surface area contributed by atoms with Crippen LogP contribution in [0.3, 0.4) is 0 Å². The maximum atomic E-state index is 12.8. The number of anilines is 1. The van der Waals surface area contributed by atoms with Crippen LogP contribution in [0.15, 0.2) is 54.1 Å². The van der Waals surface area contributed by atoms with E-state index in [2.05, 4.69) is 10.1 Å². The van der Waals surface area contributed by atoms with Gasteiger partial charge < -0.3 is 9.47 Å². The van der Waals surface area contributed by atoms with Crippen molar-refractivity contribution >= 4 is 35.6 Å². The van der Waals surface area contributed by atoms with Gasteiger partial charge in [-0.15, -0.1) is 0 Å².